The lowest BCUT2D eigenvalue weighted by molar-refractivity contribution is 0.129. The van der Waals surface area contributed by atoms with Gasteiger partial charge in [0.15, 0.2) is 11.6 Å². The van der Waals surface area contributed by atoms with E-state index in [1.807, 2.05) is 29.9 Å². The fourth-order valence-corrected chi connectivity index (χ4v) is 5.31. The number of aromatic nitrogens is 4. The Morgan fingerprint density at radius 3 is 2.41 bits per heavy atom. The van der Waals surface area contributed by atoms with E-state index in [9.17, 15) is 0 Å². The second-order valence-corrected chi connectivity index (χ2v) is 9.47. The van der Waals surface area contributed by atoms with Gasteiger partial charge in [0.05, 0.1) is 18.1 Å². The quantitative estimate of drug-likeness (QED) is 0.283. The number of thiophene rings is 1. The number of rotatable bonds is 8. The van der Waals surface area contributed by atoms with Crippen molar-refractivity contribution in [2.45, 2.75) is 18.9 Å². The molecule has 3 heterocycles. The molecule has 2 aromatic carbocycles. The average Bonchev–Trinajstić information content (AvgIpc) is 3.47. The first-order valence-corrected chi connectivity index (χ1v) is 12.4. The molecule has 0 amide bonds. The first-order valence-electron chi connectivity index (χ1n) is 11.6. The molecule has 3 aromatic heterocycles. The van der Waals surface area contributed by atoms with Crippen molar-refractivity contribution in [1.29, 1.82) is 0 Å². The highest BCUT2D eigenvalue weighted by molar-refractivity contribution is 7.22. The Labute approximate surface area is 202 Å². The maximum Gasteiger partial charge on any atom is 0.199 e. The van der Waals surface area contributed by atoms with E-state index in [1.165, 1.54) is 23.3 Å². The fourth-order valence-electron chi connectivity index (χ4n) is 4.11. The third-order valence-electron chi connectivity index (χ3n) is 5.94. The second-order valence-electron chi connectivity index (χ2n) is 8.47. The molecule has 7 heteroatoms. The van der Waals surface area contributed by atoms with E-state index in [4.69, 9.17) is 14.7 Å². The van der Waals surface area contributed by atoms with Crippen LogP contribution in [0.15, 0.2) is 73.1 Å². The molecule has 6 rings (SSSR count). The van der Waals surface area contributed by atoms with Crippen molar-refractivity contribution in [3.63, 3.8) is 0 Å². The number of ether oxygens (including phenoxy) is 1. The van der Waals surface area contributed by atoms with Gasteiger partial charge in [-0.3, -0.25) is 0 Å². The minimum atomic E-state index is 0.432. The van der Waals surface area contributed by atoms with Gasteiger partial charge in [0.1, 0.15) is 10.6 Å². The zero-order valence-electron chi connectivity index (χ0n) is 18.9. The second kappa shape index (κ2) is 9.00. The first-order chi connectivity index (χ1) is 16.8. The van der Waals surface area contributed by atoms with Crippen LogP contribution in [0, 0.1) is 0 Å². The third kappa shape index (κ3) is 4.08. The Bertz CT molecular complexity index is 1420. The summed E-state index contributed by atoms with van der Waals surface area (Å²) < 4.78 is 7.83. The molecule has 0 bridgehead atoms. The summed E-state index contributed by atoms with van der Waals surface area (Å²) in [5.41, 5.74) is 3.48. The molecule has 34 heavy (non-hydrogen) atoms. The Balaban J connectivity index is 1.54. The number of fused-ring (bicyclic) bond motifs is 1. The van der Waals surface area contributed by atoms with E-state index in [0.717, 1.165) is 33.0 Å². The summed E-state index contributed by atoms with van der Waals surface area (Å²) in [4.78, 5) is 16.6. The van der Waals surface area contributed by atoms with Crippen molar-refractivity contribution in [3.8, 4) is 33.2 Å². The van der Waals surface area contributed by atoms with Crippen molar-refractivity contribution in [2.24, 2.45) is 7.05 Å². The molecule has 6 nitrogen and oxygen atoms in total. The molecular formula is C27H25N5OS. The molecule has 1 N–H and O–H groups in total. The Kier molecular flexibility index (Phi) is 5.57. The number of benzene rings is 2. The largest absolute Gasteiger partial charge is 0.376 e. The summed E-state index contributed by atoms with van der Waals surface area (Å²) >= 11 is 1.70. The van der Waals surface area contributed by atoms with Crippen LogP contribution in [0.2, 0.25) is 0 Å². The number of aryl methyl sites for hydroxylation is 1. The molecule has 0 atom stereocenters. The van der Waals surface area contributed by atoms with Crippen LogP contribution in [-0.2, 0) is 11.8 Å². The van der Waals surface area contributed by atoms with Gasteiger partial charge < -0.3 is 14.6 Å². The van der Waals surface area contributed by atoms with Gasteiger partial charge in [-0.1, -0.05) is 60.7 Å². The number of hydrogen-bond donors (Lipinski definition) is 1. The van der Waals surface area contributed by atoms with Crippen LogP contribution in [0.5, 0.6) is 0 Å². The van der Waals surface area contributed by atoms with Gasteiger partial charge in [-0.2, -0.15) is 0 Å². The fraction of sp³-hybridized carbons (Fsp3) is 0.222. The maximum absolute atomic E-state index is 5.88. The van der Waals surface area contributed by atoms with Crippen LogP contribution >= 0.6 is 11.3 Å². The molecule has 1 aliphatic rings. The van der Waals surface area contributed by atoms with Gasteiger partial charge in [-0.15, -0.1) is 11.3 Å². The van der Waals surface area contributed by atoms with Gasteiger partial charge in [-0.25, -0.2) is 15.0 Å². The molecule has 0 unspecified atom stereocenters. The smallest absolute Gasteiger partial charge is 0.199 e. The van der Waals surface area contributed by atoms with Crippen molar-refractivity contribution < 1.29 is 4.74 Å². The normalized spacial score (nSPS) is 13.4. The van der Waals surface area contributed by atoms with E-state index in [0.29, 0.717) is 25.1 Å². The van der Waals surface area contributed by atoms with E-state index in [-0.39, 0.29) is 0 Å². The summed E-state index contributed by atoms with van der Waals surface area (Å²) in [5.74, 6) is 2.18. The predicted octanol–water partition coefficient (Wildman–Crippen LogP) is 6.02. The first kappa shape index (κ1) is 21.0. The third-order valence-corrected chi connectivity index (χ3v) is 7.08. The molecule has 0 saturated heterocycles. The zero-order valence-corrected chi connectivity index (χ0v) is 19.8. The lowest BCUT2D eigenvalue weighted by Gasteiger charge is -2.12. The highest BCUT2D eigenvalue weighted by Crippen LogP contribution is 2.46. The number of imidazole rings is 1. The maximum atomic E-state index is 5.88. The summed E-state index contributed by atoms with van der Waals surface area (Å²) in [5, 5.41) is 4.60. The lowest BCUT2D eigenvalue weighted by atomic mass is 9.99. The highest BCUT2D eigenvalue weighted by Gasteiger charge is 2.24. The summed E-state index contributed by atoms with van der Waals surface area (Å²) in [6, 6.07) is 21.0. The van der Waals surface area contributed by atoms with E-state index in [1.54, 1.807) is 17.5 Å². The van der Waals surface area contributed by atoms with Crippen molar-refractivity contribution in [3.05, 3.63) is 73.1 Å². The van der Waals surface area contributed by atoms with Crippen LogP contribution in [0.25, 0.3) is 43.4 Å². The van der Waals surface area contributed by atoms with Crippen LogP contribution in [-0.4, -0.2) is 38.8 Å². The summed E-state index contributed by atoms with van der Waals surface area (Å²) in [6.07, 6.45) is 6.47. The van der Waals surface area contributed by atoms with Crippen molar-refractivity contribution in [1.82, 2.24) is 19.5 Å². The predicted molar refractivity (Wildman–Crippen MR) is 138 cm³/mol. The van der Waals surface area contributed by atoms with Gasteiger partial charge >= 0.3 is 0 Å². The summed E-state index contributed by atoms with van der Waals surface area (Å²) in [7, 11) is 1.96. The number of hydrogen-bond acceptors (Lipinski definition) is 6. The van der Waals surface area contributed by atoms with Crippen molar-refractivity contribution in [2.75, 3.05) is 18.5 Å². The molecular weight excluding hydrogens is 442 g/mol. The monoisotopic (exact) mass is 467 g/mol. The number of nitrogens with one attached hydrogen (secondary N) is 1. The van der Waals surface area contributed by atoms with E-state index < -0.39 is 0 Å². The van der Waals surface area contributed by atoms with Gasteiger partial charge in [0.25, 0.3) is 0 Å². The van der Waals surface area contributed by atoms with Crippen LogP contribution in [0.1, 0.15) is 12.8 Å². The van der Waals surface area contributed by atoms with Crippen LogP contribution in [0.3, 0.4) is 0 Å². The molecule has 170 valence electrons. The molecule has 0 aliphatic heterocycles. The Morgan fingerprint density at radius 1 is 1.00 bits per heavy atom. The Morgan fingerprint density at radius 2 is 1.74 bits per heavy atom. The van der Waals surface area contributed by atoms with Crippen LogP contribution < -0.4 is 5.32 Å². The Hall–Kier alpha value is -3.55. The summed E-state index contributed by atoms with van der Waals surface area (Å²) in [6.45, 7) is 1.34. The standard InChI is InChI=1S/C27H25N5OS/c1-32-16-14-29-26(32)25-30-24(28-15-17-33-20-12-13-20)22-21(18-8-4-2-5-9-18)23(34-27(22)31-25)19-10-6-3-7-11-19/h2-11,14,16,20H,12-13,15,17H2,1H3,(H,28,30,31). The van der Waals surface area contributed by atoms with Gasteiger partial charge in [-0.05, 0) is 24.0 Å². The molecule has 1 saturated carbocycles. The van der Waals surface area contributed by atoms with E-state index >= 15 is 0 Å². The lowest BCUT2D eigenvalue weighted by Crippen LogP contribution is -2.12. The minimum Gasteiger partial charge on any atom is -0.376 e. The molecule has 0 radical (unpaired) electrons. The highest BCUT2D eigenvalue weighted by atomic mass is 32.1. The molecule has 0 spiro atoms. The average molecular weight is 468 g/mol. The van der Waals surface area contributed by atoms with E-state index in [2.05, 4.69) is 58.8 Å². The number of nitrogens with zero attached hydrogens (tertiary/aromatic N) is 4. The van der Waals surface area contributed by atoms with Gasteiger partial charge in [0, 0.05) is 36.4 Å². The SMILES string of the molecule is Cn1ccnc1-c1nc(NCCOC2CC2)c2c(-c3ccccc3)c(-c3ccccc3)sc2n1. The molecule has 5 aromatic rings. The van der Waals surface area contributed by atoms with Crippen molar-refractivity contribution >= 4 is 27.4 Å². The topological polar surface area (TPSA) is 64.9 Å². The molecule has 1 fully saturated rings. The van der Waals surface area contributed by atoms with Crippen LogP contribution in [0.4, 0.5) is 5.82 Å². The zero-order chi connectivity index (χ0) is 22.9. The number of anilines is 1. The van der Waals surface area contributed by atoms with Gasteiger partial charge in [0.2, 0.25) is 0 Å². The molecule has 1 aliphatic carbocycles. The minimum absolute atomic E-state index is 0.432.